The summed E-state index contributed by atoms with van der Waals surface area (Å²) in [5.41, 5.74) is 1.47. The van der Waals surface area contributed by atoms with Crippen LogP contribution in [0, 0.1) is 6.92 Å². The van der Waals surface area contributed by atoms with E-state index in [9.17, 15) is 4.79 Å². The molecule has 0 aromatic carbocycles. The third-order valence-electron chi connectivity index (χ3n) is 2.80. The zero-order valence-electron chi connectivity index (χ0n) is 11.5. The molecule has 2 aromatic rings. The fourth-order valence-corrected chi connectivity index (χ4v) is 1.94. The van der Waals surface area contributed by atoms with Crippen LogP contribution in [-0.2, 0) is 16.3 Å². The van der Waals surface area contributed by atoms with Crippen molar-refractivity contribution in [3.8, 4) is 0 Å². The average molecular weight is 342 g/mol. The minimum atomic E-state index is -0.411. The third-order valence-corrected chi connectivity index (χ3v) is 3.57. The highest BCUT2D eigenvalue weighted by Gasteiger charge is 2.17. The first-order valence-electron chi connectivity index (χ1n) is 6.04. The SMILES string of the molecule is COCn1cc(NC(=O)[C@@H](C)n2cc(Br)c(C)n2)cn1. The molecule has 20 heavy (non-hydrogen) atoms. The molecule has 0 spiro atoms. The maximum absolute atomic E-state index is 12.1. The van der Waals surface area contributed by atoms with Crippen LogP contribution in [0.5, 0.6) is 0 Å². The van der Waals surface area contributed by atoms with Gasteiger partial charge in [0.15, 0.2) is 0 Å². The molecule has 2 rings (SSSR count). The van der Waals surface area contributed by atoms with Crippen LogP contribution in [0.2, 0.25) is 0 Å². The maximum Gasteiger partial charge on any atom is 0.249 e. The molecule has 1 amide bonds. The van der Waals surface area contributed by atoms with Crippen LogP contribution in [0.25, 0.3) is 0 Å². The van der Waals surface area contributed by atoms with E-state index >= 15 is 0 Å². The largest absolute Gasteiger partial charge is 0.362 e. The summed E-state index contributed by atoms with van der Waals surface area (Å²) in [5.74, 6) is -0.156. The van der Waals surface area contributed by atoms with Crippen LogP contribution >= 0.6 is 15.9 Å². The zero-order chi connectivity index (χ0) is 14.7. The van der Waals surface area contributed by atoms with Gasteiger partial charge in [-0.3, -0.25) is 9.48 Å². The molecule has 8 heteroatoms. The van der Waals surface area contributed by atoms with Crippen molar-refractivity contribution in [1.82, 2.24) is 19.6 Å². The molecule has 0 saturated carbocycles. The number of nitrogens with one attached hydrogen (secondary N) is 1. The molecule has 0 bridgehead atoms. The lowest BCUT2D eigenvalue weighted by Crippen LogP contribution is -2.23. The molecule has 2 heterocycles. The highest BCUT2D eigenvalue weighted by atomic mass is 79.9. The van der Waals surface area contributed by atoms with Crippen molar-refractivity contribution < 1.29 is 9.53 Å². The van der Waals surface area contributed by atoms with Crippen LogP contribution in [0.1, 0.15) is 18.7 Å². The number of carbonyl (C=O) groups excluding carboxylic acids is 1. The standard InChI is InChI=1S/C12H16BrN5O2/c1-8-11(13)6-18(16-8)9(2)12(19)15-10-4-14-17(5-10)7-20-3/h4-6,9H,7H2,1-3H3,(H,15,19)/t9-/m1/s1. The highest BCUT2D eigenvalue weighted by molar-refractivity contribution is 9.10. The smallest absolute Gasteiger partial charge is 0.249 e. The minimum absolute atomic E-state index is 0.156. The molecule has 1 N–H and O–H groups in total. The van der Waals surface area contributed by atoms with Gasteiger partial charge in [0.2, 0.25) is 5.91 Å². The molecule has 0 unspecified atom stereocenters. The van der Waals surface area contributed by atoms with Crippen LogP contribution in [0.4, 0.5) is 5.69 Å². The first-order valence-corrected chi connectivity index (χ1v) is 6.84. The zero-order valence-corrected chi connectivity index (χ0v) is 13.1. The van der Waals surface area contributed by atoms with Crippen molar-refractivity contribution in [1.29, 1.82) is 0 Å². The monoisotopic (exact) mass is 341 g/mol. The molecule has 0 aliphatic carbocycles. The molecule has 0 radical (unpaired) electrons. The summed E-state index contributed by atoms with van der Waals surface area (Å²) >= 11 is 3.38. The van der Waals surface area contributed by atoms with Crippen molar-refractivity contribution in [3.05, 3.63) is 28.8 Å². The van der Waals surface area contributed by atoms with Gasteiger partial charge in [-0.1, -0.05) is 0 Å². The van der Waals surface area contributed by atoms with E-state index in [-0.39, 0.29) is 5.91 Å². The van der Waals surface area contributed by atoms with Crippen molar-refractivity contribution in [2.45, 2.75) is 26.6 Å². The van der Waals surface area contributed by atoms with Gasteiger partial charge in [-0.2, -0.15) is 10.2 Å². The van der Waals surface area contributed by atoms with E-state index in [1.54, 1.807) is 42.0 Å². The van der Waals surface area contributed by atoms with Crippen LogP contribution in [-0.4, -0.2) is 32.6 Å². The van der Waals surface area contributed by atoms with E-state index in [4.69, 9.17) is 4.74 Å². The van der Waals surface area contributed by atoms with Crippen molar-refractivity contribution >= 4 is 27.5 Å². The molecular weight excluding hydrogens is 326 g/mol. The van der Waals surface area contributed by atoms with Gasteiger partial charge in [0, 0.05) is 13.3 Å². The summed E-state index contributed by atoms with van der Waals surface area (Å²) in [5, 5.41) is 11.1. The Morgan fingerprint density at radius 2 is 2.30 bits per heavy atom. The Morgan fingerprint density at radius 1 is 1.55 bits per heavy atom. The lowest BCUT2D eigenvalue weighted by atomic mass is 10.3. The summed E-state index contributed by atoms with van der Waals surface area (Å²) < 4.78 is 9.04. The van der Waals surface area contributed by atoms with Gasteiger partial charge in [0.25, 0.3) is 0 Å². The number of aromatic nitrogens is 4. The molecule has 0 saturated heterocycles. The van der Waals surface area contributed by atoms with Gasteiger partial charge < -0.3 is 10.1 Å². The Hall–Kier alpha value is -1.67. The summed E-state index contributed by atoms with van der Waals surface area (Å²) in [7, 11) is 1.58. The predicted molar refractivity (Wildman–Crippen MR) is 77.2 cm³/mol. The summed E-state index contributed by atoms with van der Waals surface area (Å²) in [6, 6.07) is -0.411. The first kappa shape index (κ1) is 14.7. The lowest BCUT2D eigenvalue weighted by Gasteiger charge is -2.11. The fraction of sp³-hybridized carbons (Fsp3) is 0.417. The van der Waals surface area contributed by atoms with Gasteiger partial charge in [0.05, 0.1) is 28.2 Å². The summed E-state index contributed by atoms with van der Waals surface area (Å²) in [4.78, 5) is 12.1. The van der Waals surface area contributed by atoms with E-state index in [2.05, 4.69) is 31.4 Å². The second-order valence-corrected chi connectivity index (χ2v) is 5.25. The fourth-order valence-electron chi connectivity index (χ4n) is 1.66. The van der Waals surface area contributed by atoms with Gasteiger partial charge in [0.1, 0.15) is 12.8 Å². The number of rotatable bonds is 5. The van der Waals surface area contributed by atoms with Gasteiger partial charge in [-0.05, 0) is 29.8 Å². The van der Waals surface area contributed by atoms with E-state index in [1.807, 2.05) is 6.92 Å². The van der Waals surface area contributed by atoms with E-state index in [0.29, 0.717) is 12.4 Å². The third kappa shape index (κ3) is 3.26. The Labute approximate surface area is 125 Å². The first-order chi connectivity index (χ1) is 9.51. The van der Waals surface area contributed by atoms with Crippen LogP contribution in [0.3, 0.4) is 0 Å². The molecular formula is C12H16BrN5O2. The molecule has 108 valence electrons. The highest BCUT2D eigenvalue weighted by Crippen LogP contribution is 2.17. The van der Waals surface area contributed by atoms with E-state index < -0.39 is 6.04 Å². The van der Waals surface area contributed by atoms with Crippen LogP contribution in [0.15, 0.2) is 23.1 Å². The molecule has 0 aliphatic rings. The number of hydrogen-bond donors (Lipinski definition) is 1. The van der Waals surface area contributed by atoms with Crippen molar-refractivity contribution in [3.63, 3.8) is 0 Å². The summed E-state index contributed by atoms with van der Waals surface area (Å²) in [6.45, 7) is 4.00. The average Bonchev–Trinajstić information content (AvgIpc) is 2.97. The molecule has 1 atom stereocenters. The Balaban J connectivity index is 2.03. The summed E-state index contributed by atoms with van der Waals surface area (Å²) in [6.07, 6.45) is 5.07. The number of methoxy groups -OCH3 is 1. The van der Waals surface area contributed by atoms with E-state index in [1.165, 1.54) is 0 Å². The van der Waals surface area contributed by atoms with Gasteiger partial charge in [-0.25, -0.2) is 4.68 Å². The van der Waals surface area contributed by atoms with Crippen LogP contribution < -0.4 is 5.32 Å². The second-order valence-electron chi connectivity index (χ2n) is 4.39. The number of halogens is 1. The number of ether oxygens (including phenoxy) is 1. The van der Waals surface area contributed by atoms with Gasteiger partial charge in [-0.15, -0.1) is 0 Å². The van der Waals surface area contributed by atoms with E-state index in [0.717, 1.165) is 10.2 Å². The second kappa shape index (κ2) is 6.19. The van der Waals surface area contributed by atoms with Gasteiger partial charge >= 0.3 is 0 Å². The molecule has 0 fully saturated rings. The number of aryl methyl sites for hydroxylation is 1. The van der Waals surface area contributed by atoms with Crippen molar-refractivity contribution in [2.75, 3.05) is 12.4 Å². The lowest BCUT2D eigenvalue weighted by molar-refractivity contribution is -0.119. The molecule has 0 aliphatic heterocycles. The quantitative estimate of drug-likeness (QED) is 0.901. The predicted octanol–water partition coefficient (Wildman–Crippen LogP) is 1.95. The molecule has 2 aromatic heterocycles. The van der Waals surface area contributed by atoms with Crippen molar-refractivity contribution in [2.24, 2.45) is 0 Å². The topological polar surface area (TPSA) is 74.0 Å². The number of nitrogens with zero attached hydrogens (tertiary/aromatic N) is 4. The molecule has 7 nitrogen and oxygen atoms in total. The minimum Gasteiger partial charge on any atom is -0.362 e. The number of amides is 1. The number of hydrogen-bond acceptors (Lipinski definition) is 4. The number of anilines is 1. The number of carbonyl (C=O) groups is 1. The normalized spacial score (nSPS) is 12.4. The Bertz CT molecular complexity index is 587. The Kier molecular flexibility index (Phi) is 4.56. The maximum atomic E-state index is 12.1. The Morgan fingerprint density at radius 3 is 2.90 bits per heavy atom.